The molecule has 6 heteroatoms. The van der Waals surface area contributed by atoms with Crippen molar-refractivity contribution in [1.82, 2.24) is 0 Å². The van der Waals surface area contributed by atoms with Crippen molar-refractivity contribution in [2.75, 3.05) is 25.1 Å². The second-order valence-corrected chi connectivity index (χ2v) is 3.74. The van der Waals surface area contributed by atoms with Crippen LogP contribution in [0, 0.1) is 10.1 Å². The highest BCUT2D eigenvalue weighted by atomic mass is 16.6. The topological polar surface area (TPSA) is 72.7 Å². The SMILES string of the molecule is CCCN(CC(=O)OC)c1ccccc1[N+](=O)[O-]. The Morgan fingerprint density at radius 3 is 2.67 bits per heavy atom. The molecule has 0 bridgehead atoms. The Balaban J connectivity index is 3.04. The van der Waals surface area contributed by atoms with Gasteiger partial charge in [-0.05, 0) is 12.5 Å². The smallest absolute Gasteiger partial charge is 0.325 e. The number of hydrogen-bond donors (Lipinski definition) is 0. The number of anilines is 1. The van der Waals surface area contributed by atoms with Gasteiger partial charge in [-0.15, -0.1) is 0 Å². The van der Waals surface area contributed by atoms with E-state index < -0.39 is 10.9 Å². The molecular formula is C12H16N2O4. The predicted octanol–water partition coefficient (Wildman–Crippen LogP) is 1.98. The molecule has 0 spiro atoms. The van der Waals surface area contributed by atoms with Crippen molar-refractivity contribution in [2.24, 2.45) is 0 Å². The fourth-order valence-corrected chi connectivity index (χ4v) is 1.66. The number of carbonyl (C=O) groups is 1. The number of benzene rings is 1. The van der Waals surface area contributed by atoms with E-state index in [1.165, 1.54) is 13.2 Å². The highest BCUT2D eigenvalue weighted by molar-refractivity contribution is 5.77. The van der Waals surface area contributed by atoms with E-state index in [0.29, 0.717) is 12.2 Å². The first-order chi connectivity index (χ1) is 8.60. The zero-order valence-electron chi connectivity index (χ0n) is 10.5. The molecule has 98 valence electrons. The maximum atomic E-state index is 11.3. The molecule has 0 amide bonds. The third kappa shape index (κ3) is 3.44. The Kier molecular flexibility index (Phi) is 5.10. The molecular weight excluding hydrogens is 236 g/mol. The van der Waals surface area contributed by atoms with E-state index in [4.69, 9.17) is 0 Å². The van der Waals surface area contributed by atoms with Crippen molar-refractivity contribution in [3.63, 3.8) is 0 Å². The van der Waals surface area contributed by atoms with Crippen molar-refractivity contribution in [3.8, 4) is 0 Å². The third-order valence-electron chi connectivity index (χ3n) is 2.46. The Morgan fingerprint density at radius 2 is 2.11 bits per heavy atom. The number of nitrogens with zero attached hydrogens (tertiary/aromatic N) is 2. The number of methoxy groups -OCH3 is 1. The molecule has 0 atom stereocenters. The highest BCUT2D eigenvalue weighted by Gasteiger charge is 2.20. The van der Waals surface area contributed by atoms with Crippen LogP contribution < -0.4 is 4.90 Å². The number of nitro groups is 1. The molecule has 0 radical (unpaired) electrons. The maximum Gasteiger partial charge on any atom is 0.325 e. The Morgan fingerprint density at radius 1 is 1.44 bits per heavy atom. The molecule has 0 aliphatic heterocycles. The maximum absolute atomic E-state index is 11.3. The Bertz CT molecular complexity index is 434. The Hall–Kier alpha value is -2.11. The summed E-state index contributed by atoms with van der Waals surface area (Å²) in [6.45, 7) is 2.51. The zero-order valence-corrected chi connectivity index (χ0v) is 10.5. The fraction of sp³-hybridized carbons (Fsp3) is 0.417. The summed E-state index contributed by atoms with van der Waals surface area (Å²) in [5, 5.41) is 10.9. The zero-order chi connectivity index (χ0) is 13.5. The van der Waals surface area contributed by atoms with E-state index >= 15 is 0 Å². The number of carbonyl (C=O) groups excluding carboxylic acids is 1. The van der Waals surface area contributed by atoms with E-state index in [1.54, 1.807) is 23.1 Å². The van der Waals surface area contributed by atoms with Gasteiger partial charge in [-0.1, -0.05) is 19.1 Å². The predicted molar refractivity (Wildman–Crippen MR) is 67.6 cm³/mol. The van der Waals surface area contributed by atoms with Crippen molar-refractivity contribution < 1.29 is 14.5 Å². The number of para-hydroxylation sites is 2. The van der Waals surface area contributed by atoms with Gasteiger partial charge in [0.1, 0.15) is 12.2 Å². The Labute approximate surface area is 105 Å². The van der Waals surface area contributed by atoms with Gasteiger partial charge in [-0.25, -0.2) is 0 Å². The molecule has 0 saturated heterocycles. The molecule has 6 nitrogen and oxygen atoms in total. The number of nitro benzene ring substituents is 1. The first-order valence-electron chi connectivity index (χ1n) is 5.65. The average molecular weight is 252 g/mol. The summed E-state index contributed by atoms with van der Waals surface area (Å²) in [4.78, 5) is 23.5. The van der Waals surface area contributed by atoms with Gasteiger partial charge in [0.25, 0.3) is 5.69 Å². The summed E-state index contributed by atoms with van der Waals surface area (Å²) in [6, 6.07) is 6.37. The minimum absolute atomic E-state index is 0.00477. The van der Waals surface area contributed by atoms with Gasteiger partial charge in [0.15, 0.2) is 0 Å². The lowest BCUT2D eigenvalue weighted by Gasteiger charge is -2.22. The quantitative estimate of drug-likeness (QED) is 0.439. The van der Waals surface area contributed by atoms with Gasteiger partial charge < -0.3 is 9.64 Å². The number of rotatable bonds is 6. The molecule has 0 aliphatic carbocycles. The third-order valence-corrected chi connectivity index (χ3v) is 2.46. The summed E-state index contributed by atoms with van der Waals surface area (Å²) in [6.07, 6.45) is 0.781. The summed E-state index contributed by atoms with van der Waals surface area (Å²) in [5.74, 6) is -0.415. The van der Waals surface area contributed by atoms with Crippen molar-refractivity contribution >= 4 is 17.3 Å². The molecule has 1 rings (SSSR count). The lowest BCUT2D eigenvalue weighted by atomic mass is 10.2. The van der Waals surface area contributed by atoms with Crippen LogP contribution in [0.5, 0.6) is 0 Å². The van der Waals surface area contributed by atoms with Gasteiger partial charge in [0.05, 0.1) is 12.0 Å². The highest BCUT2D eigenvalue weighted by Crippen LogP contribution is 2.27. The molecule has 0 saturated carbocycles. The van der Waals surface area contributed by atoms with Gasteiger partial charge >= 0.3 is 5.97 Å². The summed E-state index contributed by atoms with van der Waals surface area (Å²) in [5.41, 5.74) is 0.435. The van der Waals surface area contributed by atoms with Crippen LogP contribution in [0.4, 0.5) is 11.4 Å². The molecule has 0 N–H and O–H groups in total. The summed E-state index contributed by atoms with van der Waals surface area (Å²) >= 11 is 0. The van der Waals surface area contributed by atoms with Crippen molar-refractivity contribution in [3.05, 3.63) is 34.4 Å². The van der Waals surface area contributed by atoms with Gasteiger partial charge in [0, 0.05) is 12.6 Å². The monoisotopic (exact) mass is 252 g/mol. The van der Waals surface area contributed by atoms with Crippen LogP contribution in [0.15, 0.2) is 24.3 Å². The molecule has 0 aromatic heterocycles. The lowest BCUT2D eigenvalue weighted by Crippen LogP contribution is -2.31. The van der Waals surface area contributed by atoms with E-state index in [-0.39, 0.29) is 12.2 Å². The van der Waals surface area contributed by atoms with E-state index in [1.807, 2.05) is 6.92 Å². The minimum atomic E-state index is -0.449. The van der Waals surface area contributed by atoms with Gasteiger partial charge in [0.2, 0.25) is 0 Å². The first kappa shape index (κ1) is 14.0. The summed E-state index contributed by atoms with van der Waals surface area (Å²) < 4.78 is 4.60. The number of esters is 1. The average Bonchev–Trinajstić information content (AvgIpc) is 2.38. The van der Waals surface area contributed by atoms with Crippen LogP contribution in [0.1, 0.15) is 13.3 Å². The van der Waals surface area contributed by atoms with Crippen LogP contribution >= 0.6 is 0 Å². The van der Waals surface area contributed by atoms with Crippen LogP contribution in [0.25, 0.3) is 0 Å². The largest absolute Gasteiger partial charge is 0.468 e. The molecule has 0 unspecified atom stereocenters. The molecule has 0 heterocycles. The lowest BCUT2D eigenvalue weighted by molar-refractivity contribution is -0.384. The molecule has 0 aliphatic rings. The van der Waals surface area contributed by atoms with Crippen molar-refractivity contribution in [1.29, 1.82) is 0 Å². The van der Waals surface area contributed by atoms with Gasteiger partial charge in [-0.2, -0.15) is 0 Å². The minimum Gasteiger partial charge on any atom is -0.468 e. The molecule has 0 fully saturated rings. The number of hydrogen-bond acceptors (Lipinski definition) is 5. The standard InChI is InChI=1S/C12H16N2O4/c1-3-8-13(9-12(15)18-2)10-6-4-5-7-11(10)14(16)17/h4-7H,3,8-9H2,1-2H3. The van der Waals surface area contributed by atoms with E-state index in [0.717, 1.165) is 6.42 Å². The van der Waals surface area contributed by atoms with Crippen LogP contribution in [-0.2, 0) is 9.53 Å². The fourth-order valence-electron chi connectivity index (χ4n) is 1.66. The molecule has 1 aromatic rings. The van der Waals surface area contributed by atoms with Gasteiger partial charge in [-0.3, -0.25) is 14.9 Å². The van der Waals surface area contributed by atoms with Crippen LogP contribution in [0.3, 0.4) is 0 Å². The second kappa shape index (κ2) is 6.58. The van der Waals surface area contributed by atoms with E-state index in [2.05, 4.69) is 4.74 Å². The summed E-state index contributed by atoms with van der Waals surface area (Å²) in [7, 11) is 1.30. The normalized spacial score (nSPS) is 9.89. The van der Waals surface area contributed by atoms with E-state index in [9.17, 15) is 14.9 Å². The van der Waals surface area contributed by atoms with Crippen LogP contribution in [-0.4, -0.2) is 31.1 Å². The first-order valence-corrected chi connectivity index (χ1v) is 5.65. The molecule has 1 aromatic carbocycles. The second-order valence-electron chi connectivity index (χ2n) is 3.74. The van der Waals surface area contributed by atoms with Crippen molar-refractivity contribution in [2.45, 2.75) is 13.3 Å². The molecule has 18 heavy (non-hydrogen) atoms. The number of ether oxygens (including phenoxy) is 1. The van der Waals surface area contributed by atoms with Crippen LogP contribution in [0.2, 0.25) is 0 Å².